The fourth-order valence-electron chi connectivity index (χ4n) is 5.05. The summed E-state index contributed by atoms with van der Waals surface area (Å²) in [5.74, 6) is -0.695. The van der Waals surface area contributed by atoms with Crippen molar-refractivity contribution < 1.29 is 23.5 Å². The summed E-state index contributed by atoms with van der Waals surface area (Å²) in [6.07, 6.45) is 5.15. The number of benzene rings is 1. The smallest absolute Gasteiger partial charge is 0.255 e. The predicted octanol–water partition coefficient (Wildman–Crippen LogP) is 2.42. The zero-order chi connectivity index (χ0) is 23.7. The average molecular weight is 467 g/mol. The molecule has 0 radical (unpaired) electrons. The van der Waals surface area contributed by atoms with E-state index in [1.807, 2.05) is 6.07 Å². The van der Waals surface area contributed by atoms with Gasteiger partial charge in [-0.15, -0.1) is 0 Å². The largest absolute Gasteiger partial charge is 0.492 e. The van der Waals surface area contributed by atoms with Gasteiger partial charge >= 0.3 is 0 Å². The van der Waals surface area contributed by atoms with Crippen LogP contribution in [0.5, 0.6) is 5.75 Å². The molecule has 0 spiro atoms. The molecule has 2 aromatic rings. The van der Waals surface area contributed by atoms with Crippen LogP contribution in [0.2, 0.25) is 0 Å². The van der Waals surface area contributed by atoms with E-state index in [1.165, 1.54) is 11.1 Å². The van der Waals surface area contributed by atoms with Crippen molar-refractivity contribution in [2.24, 2.45) is 0 Å². The van der Waals surface area contributed by atoms with E-state index >= 15 is 0 Å². The first-order valence-electron chi connectivity index (χ1n) is 11.7. The van der Waals surface area contributed by atoms with E-state index < -0.39 is 17.9 Å². The monoisotopic (exact) mass is 466 g/mol. The number of likely N-dealkylation sites (tertiary alicyclic amines) is 1. The molecule has 178 valence electrons. The number of rotatable bonds is 6. The summed E-state index contributed by atoms with van der Waals surface area (Å²) in [6, 6.07) is 8.40. The number of fused-ring (bicyclic) bond motifs is 1. The fraction of sp³-hybridized carbons (Fsp3) is 0.440. The van der Waals surface area contributed by atoms with Crippen molar-refractivity contribution in [3.8, 4) is 5.75 Å². The minimum Gasteiger partial charge on any atom is -0.492 e. The van der Waals surface area contributed by atoms with Crippen molar-refractivity contribution in [2.45, 2.75) is 57.3 Å². The zero-order valence-corrected chi connectivity index (χ0v) is 18.8. The summed E-state index contributed by atoms with van der Waals surface area (Å²) in [5.41, 5.74) is 1.95. The molecule has 8 nitrogen and oxygen atoms in total. The zero-order valence-electron chi connectivity index (χ0n) is 18.8. The Morgan fingerprint density at radius 1 is 1.15 bits per heavy atom. The number of imide groups is 1. The molecule has 2 unspecified atom stereocenters. The third kappa shape index (κ3) is 4.52. The molecule has 0 saturated carbocycles. The molecule has 2 saturated heterocycles. The van der Waals surface area contributed by atoms with E-state index in [4.69, 9.17) is 4.74 Å². The first-order chi connectivity index (χ1) is 16.5. The second kappa shape index (κ2) is 9.50. The molecule has 1 aromatic heterocycles. The van der Waals surface area contributed by atoms with E-state index in [0.717, 1.165) is 31.4 Å². The first kappa shape index (κ1) is 22.5. The Morgan fingerprint density at radius 3 is 2.85 bits per heavy atom. The summed E-state index contributed by atoms with van der Waals surface area (Å²) < 4.78 is 20.2. The predicted molar refractivity (Wildman–Crippen MR) is 120 cm³/mol. The number of nitrogens with one attached hydrogen (secondary N) is 1. The Morgan fingerprint density at radius 2 is 2.03 bits per heavy atom. The van der Waals surface area contributed by atoms with Crippen LogP contribution in [-0.2, 0) is 22.7 Å². The number of ether oxygens (including phenoxy) is 1. The summed E-state index contributed by atoms with van der Waals surface area (Å²) in [7, 11) is 0. The standard InChI is InChI=1S/C25H27FN4O4/c26-23-16(4-3-10-27-23)13-29-11-2-1-5-18(29)15-34-19-6-7-20-17(12-19)14-30(25(20)33)21-8-9-22(31)28-24(21)32/h3-4,6-7,10,12,18,21H,1-2,5,8-9,11,13-15H2,(H,28,31,32). The Bertz CT molecular complexity index is 1120. The van der Waals surface area contributed by atoms with Crippen molar-refractivity contribution in [1.29, 1.82) is 0 Å². The molecule has 0 aliphatic carbocycles. The lowest BCUT2D eigenvalue weighted by molar-refractivity contribution is -0.136. The molecule has 4 heterocycles. The Labute approximate surface area is 197 Å². The minimum atomic E-state index is -0.634. The molecule has 9 heteroatoms. The van der Waals surface area contributed by atoms with Gasteiger partial charge in [0, 0.05) is 42.9 Å². The summed E-state index contributed by atoms with van der Waals surface area (Å²) in [4.78, 5) is 44.1. The van der Waals surface area contributed by atoms with E-state index in [-0.39, 0.29) is 24.3 Å². The van der Waals surface area contributed by atoms with Gasteiger partial charge in [-0.1, -0.05) is 12.5 Å². The van der Waals surface area contributed by atoms with Crippen LogP contribution in [0.3, 0.4) is 0 Å². The topological polar surface area (TPSA) is 91.8 Å². The SMILES string of the molecule is O=C1CCC(N2Cc3cc(OCC4CCCCN4Cc4cccnc4F)ccc3C2=O)C(=O)N1. The molecule has 3 aliphatic rings. The molecule has 0 bridgehead atoms. The number of carbonyl (C=O) groups is 3. The van der Waals surface area contributed by atoms with E-state index in [2.05, 4.69) is 15.2 Å². The number of hydrogen-bond acceptors (Lipinski definition) is 6. The number of carbonyl (C=O) groups excluding carboxylic acids is 3. The van der Waals surface area contributed by atoms with Crippen LogP contribution in [-0.4, -0.2) is 57.7 Å². The number of halogens is 1. The number of amides is 3. The molecular formula is C25H27FN4O4. The molecule has 1 N–H and O–H groups in total. The van der Waals surface area contributed by atoms with Gasteiger partial charge in [-0.05, 0) is 55.6 Å². The van der Waals surface area contributed by atoms with Crippen LogP contribution in [0.4, 0.5) is 4.39 Å². The van der Waals surface area contributed by atoms with Crippen LogP contribution < -0.4 is 10.1 Å². The van der Waals surface area contributed by atoms with Crippen LogP contribution in [0.1, 0.15) is 53.6 Å². The van der Waals surface area contributed by atoms with Gasteiger partial charge in [0.2, 0.25) is 17.8 Å². The Balaban J connectivity index is 1.23. The molecule has 3 aliphatic heterocycles. The van der Waals surface area contributed by atoms with Gasteiger partial charge in [-0.25, -0.2) is 4.98 Å². The highest BCUT2D eigenvalue weighted by Crippen LogP contribution is 2.30. The van der Waals surface area contributed by atoms with Crippen LogP contribution in [0, 0.1) is 5.95 Å². The average Bonchev–Trinajstić information content (AvgIpc) is 3.15. The lowest BCUT2D eigenvalue weighted by atomic mass is 10.0. The number of piperidine rings is 2. The lowest BCUT2D eigenvalue weighted by Gasteiger charge is -2.35. The van der Waals surface area contributed by atoms with E-state index in [1.54, 1.807) is 24.3 Å². The fourth-order valence-corrected chi connectivity index (χ4v) is 5.05. The normalized spacial score (nSPS) is 23.1. The summed E-state index contributed by atoms with van der Waals surface area (Å²) in [6.45, 7) is 2.15. The van der Waals surface area contributed by atoms with Crippen molar-refractivity contribution in [1.82, 2.24) is 20.1 Å². The van der Waals surface area contributed by atoms with Crippen molar-refractivity contribution in [3.63, 3.8) is 0 Å². The second-order valence-electron chi connectivity index (χ2n) is 9.10. The van der Waals surface area contributed by atoms with Gasteiger partial charge in [0.25, 0.3) is 5.91 Å². The molecule has 2 fully saturated rings. The van der Waals surface area contributed by atoms with Gasteiger partial charge in [-0.2, -0.15) is 4.39 Å². The molecule has 3 amide bonds. The van der Waals surface area contributed by atoms with Crippen LogP contribution in [0.25, 0.3) is 0 Å². The maximum atomic E-state index is 14.0. The van der Waals surface area contributed by atoms with Gasteiger partial charge in [-0.3, -0.25) is 24.6 Å². The molecule has 34 heavy (non-hydrogen) atoms. The van der Waals surface area contributed by atoms with Crippen molar-refractivity contribution >= 4 is 17.7 Å². The number of pyridine rings is 1. The van der Waals surface area contributed by atoms with Crippen molar-refractivity contribution in [3.05, 3.63) is 59.2 Å². The number of hydrogen-bond donors (Lipinski definition) is 1. The molecule has 5 rings (SSSR count). The Kier molecular flexibility index (Phi) is 6.28. The highest BCUT2D eigenvalue weighted by atomic mass is 19.1. The highest BCUT2D eigenvalue weighted by molar-refractivity contribution is 6.05. The van der Waals surface area contributed by atoms with Crippen molar-refractivity contribution in [2.75, 3.05) is 13.2 Å². The third-order valence-electron chi connectivity index (χ3n) is 6.90. The second-order valence-corrected chi connectivity index (χ2v) is 9.10. The van der Waals surface area contributed by atoms with Crippen LogP contribution >= 0.6 is 0 Å². The van der Waals surface area contributed by atoms with Gasteiger partial charge in [0.15, 0.2) is 0 Å². The number of aromatic nitrogens is 1. The highest BCUT2D eigenvalue weighted by Gasteiger charge is 2.39. The quantitative estimate of drug-likeness (QED) is 0.519. The van der Waals surface area contributed by atoms with Crippen LogP contribution in [0.15, 0.2) is 36.5 Å². The summed E-state index contributed by atoms with van der Waals surface area (Å²) >= 11 is 0. The first-order valence-corrected chi connectivity index (χ1v) is 11.7. The lowest BCUT2D eigenvalue weighted by Crippen LogP contribution is -2.52. The van der Waals surface area contributed by atoms with E-state index in [0.29, 0.717) is 43.0 Å². The van der Waals surface area contributed by atoms with Gasteiger partial charge in [0.05, 0.1) is 0 Å². The maximum Gasteiger partial charge on any atom is 0.255 e. The number of nitrogens with zero attached hydrogens (tertiary/aromatic N) is 3. The molecular weight excluding hydrogens is 439 g/mol. The Hall–Kier alpha value is -3.33. The minimum absolute atomic E-state index is 0.156. The molecule has 1 aromatic carbocycles. The van der Waals surface area contributed by atoms with Gasteiger partial charge < -0.3 is 9.64 Å². The molecule has 2 atom stereocenters. The maximum absolute atomic E-state index is 14.0. The summed E-state index contributed by atoms with van der Waals surface area (Å²) in [5, 5.41) is 2.32. The third-order valence-corrected chi connectivity index (χ3v) is 6.90. The van der Waals surface area contributed by atoms with Gasteiger partial charge in [0.1, 0.15) is 18.4 Å². The van der Waals surface area contributed by atoms with E-state index in [9.17, 15) is 18.8 Å².